The molecule has 9 N–H and O–H groups in total. The molecular formula is C50H96B3Cl3N10O10. The Bertz CT molecular complexity index is 1680. The van der Waals surface area contributed by atoms with Gasteiger partial charge in [0, 0.05) is 70.7 Å². The van der Waals surface area contributed by atoms with Crippen molar-refractivity contribution in [1.29, 1.82) is 0 Å². The molecule has 0 aromatic carbocycles. The van der Waals surface area contributed by atoms with Crippen molar-refractivity contribution < 1.29 is 49.1 Å². The summed E-state index contributed by atoms with van der Waals surface area (Å²) in [6.45, 7) is 23.0. The fourth-order valence-electron chi connectivity index (χ4n) is 9.37. The van der Waals surface area contributed by atoms with Crippen molar-refractivity contribution in [3.63, 3.8) is 0 Å². The molecule has 6 aliphatic rings. The molecule has 6 saturated heterocycles. The molecule has 6 atom stereocenters. The van der Waals surface area contributed by atoms with E-state index in [1.807, 2.05) is 62.9 Å². The van der Waals surface area contributed by atoms with Gasteiger partial charge < -0.3 is 69.8 Å². The molecule has 436 valence electrons. The number of nitrogens with zero attached hydrogens (tertiary/aromatic N) is 6. The fraction of sp³-hybridized carbons (Fsp3) is 0.800. The van der Waals surface area contributed by atoms with E-state index in [4.69, 9.17) is 29.5 Å². The second-order valence-corrected chi connectivity index (χ2v) is 19.5. The minimum Gasteiger partial charge on any atom is -0.396 e. The van der Waals surface area contributed by atoms with Gasteiger partial charge >= 0.3 is 54.9 Å². The van der Waals surface area contributed by atoms with Crippen LogP contribution in [-0.4, -0.2) is 192 Å². The maximum Gasteiger partial charge on any atom is 0.0946 e. The fourth-order valence-corrected chi connectivity index (χ4v) is 9.37. The van der Waals surface area contributed by atoms with Gasteiger partial charge in [0.1, 0.15) is 0 Å². The molecular weight excluding hydrogens is 1040 g/mol. The Hall–Kier alpha value is -2.82. The molecule has 0 bridgehead atoms. The zero-order valence-electron chi connectivity index (χ0n) is 46.1. The largest absolute Gasteiger partial charge is 0.396 e. The summed E-state index contributed by atoms with van der Waals surface area (Å²) >= 11 is 0. The molecule has 8 heterocycles. The molecule has 20 nitrogen and oxygen atoms in total. The van der Waals surface area contributed by atoms with Gasteiger partial charge in [0.25, 0.3) is 0 Å². The molecule has 8 rings (SSSR count). The molecule has 0 spiro atoms. The topological polar surface area (TPSA) is 261 Å². The summed E-state index contributed by atoms with van der Waals surface area (Å²) in [6, 6.07) is 0. The van der Waals surface area contributed by atoms with E-state index >= 15 is 0 Å². The van der Waals surface area contributed by atoms with E-state index in [9.17, 15) is 19.6 Å². The molecule has 0 radical (unpaired) electrons. The third kappa shape index (κ3) is 35.6. The first-order valence-electron chi connectivity index (χ1n) is 27.2. The quantitative estimate of drug-likeness (QED) is 0.0841. The molecule has 0 amide bonds. The van der Waals surface area contributed by atoms with Gasteiger partial charge in [-0.15, -0.1) is 37.2 Å². The Morgan fingerprint density at radius 2 is 1.01 bits per heavy atom. The van der Waals surface area contributed by atoms with Crippen molar-refractivity contribution in [1.82, 2.24) is 50.0 Å². The van der Waals surface area contributed by atoms with Crippen LogP contribution in [0.5, 0.6) is 0 Å². The smallest absolute Gasteiger partial charge is 0.0946 e. The minimum atomic E-state index is -0.357. The second kappa shape index (κ2) is 49.2. The number of piperidine rings is 6. The number of esters is 2. The molecule has 0 saturated carbocycles. The van der Waals surface area contributed by atoms with Gasteiger partial charge in [0.05, 0.1) is 37.7 Å². The summed E-state index contributed by atoms with van der Waals surface area (Å²) in [5.41, 5.74) is 0. The zero-order chi connectivity index (χ0) is 53.3. The van der Waals surface area contributed by atoms with Crippen LogP contribution in [0.25, 0.3) is 0 Å². The normalized spacial score (nSPS) is 22.8. The number of hydrogen-bond donors (Lipinski definition) is 9. The van der Waals surface area contributed by atoms with Crippen LogP contribution < -0.4 is 21.3 Å². The van der Waals surface area contributed by atoms with Gasteiger partial charge in [-0.25, -0.2) is 9.97 Å². The number of aliphatic hydroxyl groups is 3. The zero-order valence-corrected chi connectivity index (χ0v) is 48.5. The molecule has 1 unspecified atom stereocenters. The Balaban J connectivity index is 0. The van der Waals surface area contributed by atoms with Gasteiger partial charge in [-0.3, -0.25) is 9.59 Å². The van der Waals surface area contributed by atoms with Crippen LogP contribution in [0.2, 0.25) is 13.6 Å². The number of carbonyl (C=O) groups excluding carboxylic acids is 2. The number of halogens is 3. The van der Waals surface area contributed by atoms with Gasteiger partial charge in [-0.1, -0.05) is 0 Å². The summed E-state index contributed by atoms with van der Waals surface area (Å²) < 4.78 is 23.2. The van der Waals surface area contributed by atoms with E-state index in [2.05, 4.69) is 45.2 Å². The van der Waals surface area contributed by atoms with Gasteiger partial charge in [0.15, 0.2) is 0 Å². The predicted octanol–water partition coefficient (Wildman–Crippen LogP) is 3.06. The van der Waals surface area contributed by atoms with Gasteiger partial charge in [0.2, 0.25) is 0 Å². The van der Waals surface area contributed by atoms with E-state index in [0.717, 1.165) is 130 Å². The van der Waals surface area contributed by atoms with E-state index in [1.165, 1.54) is 51.2 Å². The number of rotatable bonds is 12. The maximum atomic E-state index is 11.1. The molecule has 26 heteroatoms. The molecule has 2 aromatic heterocycles. The SMILES string of the molecule is CB(O)N1CCC[C@H](CO)C1.CB(O)N1CCC[C@H](Cn2ccnc2)C1.CCOC(=O)C1CCCNC1.CCOC(=O)[C@H]1CCCNC1.Cl.Cl.Cl.O=BC#CO.OC[C@H]1CCCNC1.c1cn(C[C@H]2CCCNC2)cn1. The van der Waals surface area contributed by atoms with Crippen molar-refractivity contribution in [3.05, 3.63) is 37.4 Å². The van der Waals surface area contributed by atoms with Crippen LogP contribution in [0.3, 0.4) is 0 Å². The number of carbonyl (C=O) groups is 2. The van der Waals surface area contributed by atoms with Crippen molar-refractivity contribution >= 4 is 70.4 Å². The van der Waals surface area contributed by atoms with Crippen LogP contribution in [0.1, 0.15) is 90.9 Å². The molecule has 0 aliphatic carbocycles. The van der Waals surface area contributed by atoms with Crippen molar-refractivity contribution in [2.45, 2.75) is 118 Å². The number of imidazole rings is 2. The third-order valence-corrected chi connectivity index (χ3v) is 13.5. The number of nitrogens with one attached hydrogen (secondary N) is 4. The standard InChI is InChI=1S/C10H18BN3O.C9H15N3.2C8H15NO2.C7H16BNO2.C6H13NO.C2HBO2.3ClH/c1-11(15)14-5-2-3-10(8-14)7-13-6-4-12-9-13;1-2-9(6-10-3-1)7-12-5-4-11-8-12;2*1-2-11-8(10)7-4-3-5-9-6-7;1-8(11)9-4-2-3-7(5-9)6-10;8-5-6-2-1-3-7-4-6;4-2-1-3-5;;;/h4,6,9-10,15H,2-3,5,7-8H2,1H3;4-5,8-10H,1-3,6-7H2;2*7,9H,2-6H2,1H3;7,10-11H,2-6H2,1H3;6-8H,1-5H2;4H;3*1H/t10-;9-;7-;;7-;6-;;;;/m100.00..../s1. The van der Waals surface area contributed by atoms with Crippen molar-refractivity contribution in [2.24, 2.45) is 35.5 Å². The first-order chi connectivity index (χ1) is 35.5. The molecule has 2 aromatic rings. The molecule has 6 fully saturated rings. The van der Waals surface area contributed by atoms with Crippen molar-refractivity contribution in [2.75, 3.05) is 105 Å². The predicted molar refractivity (Wildman–Crippen MR) is 308 cm³/mol. The summed E-state index contributed by atoms with van der Waals surface area (Å²) in [6.07, 6.45) is 26.7. The Labute approximate surface area is 474 Å². The van der Waals surface area contributed by atoms with E-state index in [1.54, 1.807) is 12.6 Å². The van der Waals surface area contributed by atoms with E-state index in [-0.39, 0.29) is 81.7 Å². The summed E-state index contributed by atoms with van der Waals surface area (Å²) in [5.74, 6) is 4.20. The van der Waals surface area contributed by atoms with E-state index < -0.39 is 0 Å². The second-order valence-electron chi connectivity index (χ2n) is 19.5. The Kier molecular flexibility index (Phi) is 48.8. The number of aromatic nitrogens is 4. The molecule has 76 heavy (non-hydrogen) atoms. The van der Waals surface area contributed by atoms with Crippen LogP contribution in [0.4, 0.5) is 0 Å². The summed E-state index contributed by atoms with van der Waals surface area (Å²) in [4.78, 5) is 34.5. The Morgan fingerprint density at radius 3 is 1.33 bits per heavy atom. The van der Waals surface area contributed by atoms with Crippen LogP contribution in [-0.2, 0) is 36.9 Å². The number of ether oxygens (including phenoxy) is 2. The van der Waals surface area contributed by atoms with Gasteiger partial charge in [-0.05, 0) is 187 Å². The Morgan fingerprint density at radius 1 is 0.618 bits per heavy atom. The van der Waals surface area contributed by atoms with Crippen LogP contribution >= 0.6 is 37.2 Å². The minimum absolute atomic E-state index is 0. The molecule has 6 aliphatic heterocycles. The third-order valence-electron chi connectivity index (χ3n) is 13.5. The van der Waals surface area contributed by atoms with Crippen LogP contribution in [0, 0.1) is 47.4 Å². The first kappa shape index (κ1) is 75.3. The van der Waals surface area contributed by atoms with Crippen LogP contribution in [0.15, 0.2) is 37.4 Å². The monoisotopic (exact) mass is 1130 g/mol. The first-order valence-corrected chi connectivity index (χ1v) is 27.2. The van der Waals surface area contributed by atoms with Crippen molar-refractivity contribution in [3.8, 4) is 11.9 Å². The number of hydrogen-bond acceptors (Lipinski definition) is 18. The summed E-state index contributed by atoms with van der Waals surface area (Å²) in [5, 5.41) is 56.8. The maximum absolute atomic E-state index is 11.1. The number of aliphatic hydroxyl groups excluding tert-OH is 3. The average Bonchev–Trinajstić information content (AvgIpc) is 4.16. The van der Waals surface area contributed by atoms with Gasteiger partial charge in [-0.2, -0.15) is 0 Å². The average molecular weight is 1140 g/mol. The summed E-state index contributed by atoms with van der Waals surface area (Å²) in [7, 11) is -0.347. The van der Waals surface area contributed by atoms with E-state index in [0.29, 0.717) is 44.7 Å².